The highest BCUT2D eigenvalue weighted by atomic mass is 35.5. The van der Waals surface area contributed by atoms with Crippen LogP contribution in [-0.4, -0.2) is 15.7 Å². The summed E-state index contributed by atoms with van der Waals surface area (Å²) in [5, 5.41) is 4.08. The molecule has 164 valence electrons. The molecule has 4 nitrogen and oxygen atoms in total. The summed E-state index contributed by atoms with van der Waals surface area (Å²) in [4.78, 5) is 12.6. The molecule has 0 unspecified atom stereocenters. The van der Waals surface area contributed by atoms with Gasteiger partial charge in [-0.3, -0.25) is 4.79 Å². The van der Waals surface area contributed by atoms with Gasteiger partial charge in [-0.1, -0.05) is 23.7 Å². The number of halogens is 4. The van der Waals surface area contributed by atoms with Gasteiger partial charge in [-0.25, -0.2) is 4.68 Å². The number of thiophene rings is 1. The molecule has 0 amide bonds. The molecule has 0 spiro atoms. The minimum atomic E-state index is -4.59. The van der Waals surface area contributed by atoms with Crippen molar-refractivity contribution in [2.45, 2.75) is 20.0 Å². The molecule has 0 saturated carbocycles. The predicted molar refractivity (Wildman–Crippen MR) is 118 cm³/mol. The fraction of sp³-hybridized carbons (Fsp3) is 0.130. The van der Waals surface area contributed by atoms with Crippen molar-refractivity contribution in [1.82, 2.24) is 9.78 Å². The molecule has 0 aliphatic heterocycles. The number of para-hydroxylation sites is 1. The van der Waals surface area contributed by atoms with Crippen LogP contribution in [0.15, 0.2) is 60.7 Å². The van der Waals surface area contributed by atoms with Gasteiger partial charge in [0.05, 0.1) is 21.3 Å². The number of hydrogen-bond donors (Lipinski definition) is 0. The first kappa shape index (κ1) is 22.1. The summed E-state index contributed by atoms with van der Waals surface area (Å²) in [7, 11) is 0. The molecule has 2 heterocycles. The van der Waals surface area contributed by atoms with E-state index in [2.05, 4.69) is 5.10 Å². The van der Waals surface area contributed by atoms with Crippen molar-refractivity contribution in [2.75, 3.05) is 0 Å². The first-order valence-electron chi connectivity index (χ1n) is 9.45. The Balaban J connectivity index is 1.78. The van der Waals surface area contributed by atoms with Gasteiger partial charge in [0.25, 0.3) is 0 Å². The molecule has 0 bridgehead atoms. The van der Waals surface area contributed by atoms with Crippen LogP contribution in [0.1, 0.15) is 18.2 Å². The zero-order valence-electron chi connectivity index (χ0n) is 16.9. The van der Waals surface area contributed by atoms with Crippen molar-refractivity contribution < 1.29 is 22.7 Å². The molecule has 0 atom stereocenters. The molecule has 0 fully saturated rings. The minimum Gasteiger partial charge on any atom is -0.427 e. The van der Waals surface area contributed by atoms with Gasteiger partial charge in [-0.05, 0) is 66.6 Å². The van der Waals surface area contributed by atoms with Crippen LogP contribution in [0.5, 0.6) is 5.75 Å². The summed E-state index contributed by atoms with van der Waals surface area (Å²) in [6, 6.07) is 16.5. The van der Waals surface area contributed by atoms with Crippen molar-refractivity contribution in [3.05, 3.63) is 76.9 Å². The molecule has 0 radical (unpaired) electrons. The van der Waals surface area contributed by atoms with E-state index >= 15 is 0 Å². The van der Waals surface area contributed by atoms with E-state index < -0.39 is 17.8 Å². The second kappa shape index (κ2) is 8.44. The van der Waals surface area contributed by atoms with Gasteiger partial charge in [0, 0.05) is 11.8 Å². The van der Waals surface area contributed by atoms with E-state index in [-0.39, 0.29) is 5.69 Å². The second-order valence-corrected chi connectivity index (χ2v) is 8.50. The van der Waals surface area contributed by atoms with Crippen molar-refractivity contribution >= 4 is 28.9 Å². The zero-order valence-corrected chi connectivity index (χ0v) is 18.5. The highest BCUT2D eigenvalue weighted by molar-refractivity contribution is 7.18. The summed E-state index contributed by atoms with van der Waals surface area (Å²) in [6.45, 7) is 3.20. The fourth-order valence-corrected chi connectivity index (χ4v) is 4.58. The van der Waals surface area contributed by atoms with Crippen LogP contribution >= 0.6 is 22.9 Å². The molecule has 4 aromatic rings. The molecular weight excluding hydrogens is 461 g/mol. The Bertz CT molecular complexity index is 1310. The lowest BCUT2D eigenvalue weighted by molar-refractivity contribution is -0.141. The number of carbonyl (C=O) groups is 1. The third-order valence-electron chi connectivity index (χ3n) is 4.66. The first-order valence-corrected chi connectivity index (χ1v) is 10.6. The molecule has 2 aromatic heterocycles. The number of nitrogens with zero attached hydrogens (tertiary/aromatic N) is 2. The Hall–Kier alpha value is -3.10. The smallest absolute Gasteiger partial charge is 0.427 e. The Labute approximate surface area is 190 Å². The van der Waals surface area contributed by atoms with E-state index in [1.165, 1.54) is 22.9 Å². The topological polar surface area (TPSA) is 44.1 Å². The van der Waals surface area contributed by atoms with Crippen molar-refractivity contribution in [3.63, 3.8) is 0 Å². The molecule has 4 rings (SSSR count). The molecule has 2 aromatic carbocycles. The number of hydrogen-bond acceptors (Lipinski definition) is 4. The monoisotopic (exact) mass is 476 g/mol. The number of ether oxygens (including phenoxy) is 1. The maximum atomic E-state index is 13.4. The Kier molecular flexibility index (Phi) is 5.83. The predicted octanol–water partition coefficient (Wildman–Crippen LogP) is 7.17. The number of rotatable bonds is 4. The number of benzene rings is 2. The zero-order chi connectivity index (χ0) is 23.0. The lowest BCUT2D eigenvalue weighted by Gasteiger charge is -2.08. The Morgan fingerprint density at radius 3 is 2.44 bits per heavy atom. The van der Waals surface area contributed by atoms with Gasteiger partial charge >= 0.3 is 12.1 Å². The highest BCUT2D eigenvalue weighted by Gasteiger charge is 2.35. The summed E-state index contributed by atoms with van der Waals surface area (Å²) in [5.41, 5.74) is 1.40. The standard InChI is InChI=1S/C23H16ClF3N2O2S/c1-13-11-15(31-14(2)30)7-8-16(13)20-9-10-21(32-20)19-12-22(23(25,26)27)28-29(19)18-6-4-3-5-17(18)24/h3-12H,1-2H3. The maximum Gasteiger partial charge on any atom is 0.435 e. The maximum absolute atomic E-state index is 13.4. The van der Waals surface area contributed by atoms with E-state index in [4.69, 9.17) is 16.3 Å². The lowest BCUT2D eigenvalue weighted by atomic mass is 10.1. The van der Waals surface area contributed by atoms with Crippen molar-refractivity contribution in [3.8, 4) is 32.4 Å². The van der Waals surface area contributed by atoms with Crippen LogP contribution in [0.2, 0.25) is 5.02 Å². The summed E-state index contributed by atoms with van der Waals surface area (Å²) < 4.78 is 46.6. The SMILES string of the molecule is CC(=O)Oc1ccc(-c2ccc(-c3cc(C(F)(F)F)nn3-c3ccccc3Cl)s2)c(C)c1. The third-order valence-corrected chi connectivity index (χ3v) is 6.12. The van der Waals surface area contributed by atoms with Crippen LogP contribution in [0.25, 0.3) is 26.7 Å². The minimum absolute atomic E-state index is 0.288. The molecule has 0 aliphatic rings. The van der Waals surface area contributed by atoms with Crippen LogP contribution in [0, 0.1) is 6.92 Å². The van der Waals surface area contributed by atoms with E-state index in [1.54, 1.807) is 42.5 Å². The second-order valence-electron chi connectivity index (χ2n) is 7.01. The van der Waals surface area contributed by atoms with E-state index in [0.29, 0.717) is 21.3 Å². The molecule has 0 saturated heterocycles. The number of alkyl halides is 3. The van der Waals surface area contributed by atoms with Crippen LogP contribution < -0.4 is 4.74 Å². The fourth-order valence-electron chi connectivity index (χ4n) is 3.26. The molecular formula is C23H16ClF3N2O2S. The number of carbonyl (C=O) groups excluding carboxylic acids is 1. The third kappa shape index (κ3) is 4.42. The number of aromatic nitrogens is 2. The Morgan fingerprint density at radius 2 is 1.78 bits per heavy atom. The molecule has 9 heteroatoms. The van der Waals surface area contributed by atoms with Gasteiger partial charge in [0.15, 0.2) is 5.69 Å². The number of aryl methyl sites for hydroxylation is 1. The average molecular weight is 477 g/mol. The van der Waals surface area contributed by atoms with Crippen molar-refractivity contribution in [1.29, 1.82) is 0 Å². The van der Waals surface area contributed by atoms with Crippen LogP contribution in [-0.2, 0) is 11.0 Å². The Morgan fingerprint density at radius 1 is 1.06 bits per heavy atom. The van der Waals surface area contributed by atoms with E-state index in [1.807, 2.05) is 19.1 Å². The first-order chi connectivity index (χ1) is 15.1. The van der Waals surface area contributed by atoms with Gasteiger partial charge in [0.1, 0.15) is 5.75 Å². The lowest BCUT2D eigenvalue weighted by Crippen LogP contribution is -2.07. The normalized spacial score (nSPS) is 11.6. The van der Waals surface area contributed by atoms with Gasteiger partial charge < -0.3 is 4.74 Å². The highest BCUT2D eigenvalue weighted by Crippen LogP contribution is 2.40. The number of esters is 1. The van der Waals surface area contributed by atoms with Crippen LogP contribution in [0.3, 0.4) is 0 Å². The molecule has 0 N–H and O–H groups in total. The van der Waals surface area contributed by atoms with E-state index in [0.717, 1.165) is 22.1 Å². The summed E-state index contributed by atoms with van der Waals surface area (Å²) in [5.74, 6) is 0.0195. The van der Waals surface area contributed by atoms with Gasteiger partial charge in [-0.2, -0.15) is 18.3 Å². The van der Waals surface area contributed by atoms with Gasteiger partial charge in [-0.15, -0.1) is 11.3 Å². The molecule has 32 heavy (non-hydrogen) atoms. The molecule has 0 aliphatic carbocycles. The van der Waals surface area contributed by atoms with E-state index in [9.17, 15) is 18.0 Å². The van der Waals surface area contributed by atoms with Crippen molar-refractivity contribution in [2.24, 2.45) is 0 Å². The quantitative estimate of drug-likeness (QED) is 0.231. The summed E-state index contributed by atoms with van der Waals surface area (Å²) in [6.07, 6.45) is -4.59. The summed E-state index contributed by atoms with van der Waals surface area (Å²) >= 11 is 7.57. The average Bonchev–Trinajstić information content (AvgIpc) is 3.35. The van der Waals surface area contributed by atoms with Crippen LogP contribution in [0.4, 0.5) is 13.2 Å². The van der Waals surface area contributed by atoms with Gasteiger partial charge in [0.2, 0.25) is 0 Å². The largest absolute Gasteiger partial charge is 0.435 e.